The molecule has 2 rings (SSSR count). The first kappa shape index (κ1) is 15.4. The first-order valence-electron chi connectivity index (χ1n) is 5.89. The zero-order valence-corrected chi connectivity index (χ0v) is 13.7. The van der Waals surface area contributed by atoms with Crippen molar-refractivity contribution in [1.29, 1.82) is 0 Å². The number of anilines is 1. The van der Waals surface area contributed by atoms with Crippen molar-refractivity contribution in [3.05, 3.63) is 45.1 Å². The summed E-state index contributed by atoms with van der Waals surface area (Å²) in [6.45, 7) is 2.32. The molecule has 0 aliphatic heterocycles. The molecule has 0 aliphatic rings. The molecule has 0 saturated carbocycles. The van der Waals surface area contributed by atoms with Crippen LogP contribution < -0.4 is 5.32 Å². The van der Waals surface area contributed by atoms with Gasteiger partial charge in [-0.25, -0.2) is 0 Å². The molecule has 1 atom stereocenters. The molecular formula is C13H12BrCl2N3O. The average molecular weight is 377 g/mol. The fourth-order valence-corrected chi connectivity index (χ4v) is 2.43. The number of aromatic nitrogens is 2. The second-order valence-electron chi connectivity index (χ2n) is 4.40. The van der Waals surface area contributed by atoms with Gasteiger partial charge in [0.15, 0.2) is 0 Å². The Morgan fingerprint density at radius 3 is 2.85 bits per heavy atom. The monoisotopic (exact) mass is 375 g/mol. The Labute approximate surface area is 135 Å². The van der Waals surface area contributed by atoms with Crippen molar-refractivity contribution in [2.75, 3.05) is 5.32 Å². The summed E-state index contributed by atoms with van der Waals surface area (Å²) in [7, 11) is 0. The second-order valence-corrected chi connectivity index (χ2v) is 6.15. The van der Waals surface area contributed by atoms with E-state index in [1.807, 2.05) is 13.1 Å². The van der Waals surface area contributed by atoms with Gasteiger partial charge in [-0.2, -0.15) is 5.10 Å². The van der Waals surface area contributed by atoms with Crippen LogP contribution in [0.15, 0.2) is 35.1 Å². The van der Waals surface area contributed by atoms with E-state index in [0.29, 0.717) is 22.3 Å². The van der Waals surface area contributed by atoms with Crippen LogP contribution in [0.3, 0.4) is 0 Å². The number of carbonyl (C=O) groups excluding carboxylic acids is 1. The van der Waals surface area contributed by atoms with E-state index in [0.717, 1.165) is 4.47 Å². The van der Waals surface area contributed by atoms with E-state index in [4.69, 9.17) is 23.2 Å². The van der Waals surface area contributed by atoms with Crippen LogP contribution in [0.4, 0.5) is 5.69 Å². The van der Waals surface area contributed by atoms with Crippen molar-refractivity contribution in [1.82, 2.24) is 9.78 Å². The van der Waals surface area contributed by atoms with Crippen LogP contribution in [0.25, 0.3) is 0 Å². The van der Waals surface area contributed by atoms with Gasteiger partial charge in [-0.3, -0.25) is 9.48 Å². The van der Waals surface area contributed by atoms with Gasteiger partial charge in [-0.1, -0.05) is 30.1 Å². The lowest BCUT2D eigenvalue weighted by Gasteiger charge is -2.13. The van der Waals surface area contributed by atoms with Crippen LogP contribution in [-0.4, -0.2) is 15.7 Å². The van der Waals surface area contributed by atoms with Crippen LogP contribution in [0.5, 0.6) is 0 Å². The molecule has 7 heteroatoms. The Balaban J connectivity index is 2.00. The molecule has 20 heavy (non-hydrogen) atoms. The standard InChI is InChI=1S/C13H12BrCl2N3O/c1-8(6-19-7-9(14)5-17-19)13(20)18-12-3-2-10(15)4-11(12)16/h2-5,7-8H,6H2,1H3,(H,18,20). The van der Waals surface area contributed by atoms with Crippen molar-refractivity contribution in [2.45, 2.75) is 13.5 Å². The van der Waals surface area contributed by atoms with Gasteiger partial charge in [-0.05, 0) is 34.1 Å². The Kier molecular flexibility index (Phi) is 5.07. The minimum atomic E-state index is -0.242. The van der Waals surface area contributed by atoms with Gasteiger partial charge in [0.2, 0.25) is 5.91 Å². The Morgan fingerprint density at radius 2 is 2.25 bits per heavy atom. The maximum atomic E-state index is 12.1. The first-order valence-corrected chi connectivity index (χ1v) is 7.44. The predicted octanol–water partition coefficient (Wildman–Crippen LogP) is 4.23. The molecule has 0 bridgehead atoms. The predicted molar refractivity (Wildman–Crippen MR) is 84.2 cm³/mol. The van der Waals surface area contributed by atoms with Crippen LogP contribution in [0.1, 0.15) is 6.92 Å². The zero-order chi connectivity index (χ0) is 14.7. The minimum Gasteiger partial charge on any atom is -0.324 e. The summed E-state index contributed by atoms with van der Waals surface area (Å²) < 4.78 is 2.59. The Bertz CT molecular complexity index is 630. The zero-order valence-electron chi connectivity index (χ0n) is 10.6. The molecule has 106 valence electrons. The third kappa shape index (κ3) is 3.98. The van der Waals surface area contributed by atoms with Crippen LogP contribution >= 0.6 is 39.1 Å². The van der Waals surface area contributed by atoms with Gasteiger partial charge < -0.3 is 5.32 Å². The number of carbonyl (C=O) groups is 1. The second kappa shape index (κ2) is 6.61. The highest BCUT2D eigenvalue weighted by Gasteiger charge is 2.15. The summed E-state index contributed by atoms with van der Waals surface area (Å²) in [5, 5.41) is 7.85. The molecule has 0 aliphatic carbocycles. The molecule has 1 heterocycles. The SMILES string of the molecule is CC(Cn1cc(Br)cn1)C(=O)Nc1ccc(Cl)cc1Cl. The maximum Gasteiger partial charge on any atom is 0.229 e. The molecule has 1 aromatic carbocycles. The lowest BCUT2D eigenvalue weighted by molar-refractivity contribution is -0.119. The maximum absolute atomic E-state index is 12.1. The summed E-state index contributed by atoms with van der Waals surface area (Å²) >= 11 is 15.1. The first-order chi connectivity index (χ1) is 9.45. The van der Waals surface area contributed by atoms with Crippen molar-refractivity contribution < 1.29 is 4.79 Å². The summed E-state index contributed by atoms with van der Waals surface area (Å²) in [6, 6.07) is 4.95. The van der Waals surface area contributed by atoms with Crippen LogP contribution in [0, 0.1) is 5.92 Å². The minimum absolute atomic E-state index is 0.124. The summed E-state index contributed by atoms with van der Waals surface area (Å²) in [4.78, 5) is 12.1. The highest BCUT2D eigenvalue weighted by atomic mass is 79.9. The number of hydrogen-bond acceptors (Lipinski definition) is 2. The van der Waals surface area contributed by atoms with Crippen LogP contribution in [0.2, 0.25) is 10.0 Å². The van der Waals surface area contributed by atoms with E-state index >= 15 is 0 Å². The van der Waals surface area contributed by atoms with Crippen molar-refractivity contribution in [3.8, 4) is 0 Å². The summed E-state index contributed by atoms with van der Waals surface area (Å²) in [5.41, 5.74) is 0.551. The van der Waals surface area contributed by atoms with E-state index in [2.05, 4.69) is 26.3 Å². The van der Waals surface area contributed by atoms with E-state index < -0.39 is 0 Å². The molecule has 0 fully saturated rings. The van der Waals surface area contributed by atoms with Gasteiger partial charge in [0, 0.05) is 11.2 Å². The molecule has 0 saturated heterocycles. The molecule has 0 radical (unpaired) electrons. The third-order valence-corrected chi connectivity index (χ3v) is 3.66. The number of amides is 1. The van der Waals surface area contributed by atoms with Crippen molar-refractivity contribution in [3.63, 3.8) is 0 Å². The Hall–Kier alpha value is -1.04. The molecule has 1 aromatic heterocycles. The fraction of sp³-hybridized carbons (Fsp3) is 0.231. The number of rotatable bonds is 4. The normalized spacial score (nSPS) is 12.2. The van der Waals surface area contributed by atoms with E-state index in [-0.39, 0.29) is 11.8 Å². The quantitative estimate of drug-likeness (QED) is 0.867. The molecule has 1 amide bonds. The van der Waals surface area contributed by atoms with E-state index in [9.17, 15) is 4.79 Å². The third-order valence-electron chi connectivity index (χ3n) is 2.70. The van der Waals surface area contributed by atoms with Gasteiger partial charge in [0.25, 0.3) is 0 Å². The fourth-order valence-electron chi connectivity index (χ4n) is 1.65. The number of benzene rings is 1. The average Bonchev–Trinajstić information content (AvgIpc) is 2.78. The Morgan fingerprint density at radius 1 is 1.50 bits per heavy atom. The van der Waals surface area contributed by atoms with E-state index in [1.54, 1.807) is 29.1 Å². The molecule has 2 aromatic rings. The number of nitrogens with zero attached hydrogens (tertiary/aromatic N) is 2. The van der Waals surface area contributed by atoms with Gasteiger partial charge in [-0.15, -0.1) is 0 Å². The molecule has 0 spiro atoms. The van der Waals surface area contributed by atoms with Gasteiger partial charge in [0.05, 0.1) is 33.8 Å². The van der Waals surface area contributed by atoms with Gasteiger partial charge in [0.1, 0.15) is 0 Å². The van der Waals surface area contributed by atoms with Crippen LogP contribution in [-0.2, 0) is 11.3 Å². The van der Waals surface area contributed by atoms with E-state index in [1.165, 1.54) is 0 Å². The number of nitrogens with one attached hydrogen (secondary N) is 1. The molecule has 1 N–H and O–H groups in total. The highest BCUT2D eigenvalue weighted by molar-refractivity contribution is 9.10. The molecule has 4 nitrogen and oxygen atoms in total. The summed E-state index contributed by atoms with van der Waals surface area (Å²) in [6.07, 6.45) is 3.50. The smallest absolute Gasteiger partial charge is 0.229 e. The van der Waals surface area contributed by atoms with Gasteiger partial charge >= 0.3 is 0 Å². The molecular weight excluding hydrogens is 365 g/mol. The lowest BCUT2D eigenvalue weighted by Crippen LogP contribution is -2.24. The number of halogens is 3. The lowest BCUT2D eigenvalue weighted by atomic mass is 10.1. The topological polar surface area (TPSA) is 46.9 Å². The number of hydrogen-bond donors (Lipinski definition) is 1. The summed E-state index contributed by atoms with van der Waals surface area (Å²) in [5.74, 6) is -0.366. The molecule has 1 unspecified atom stereocenters. The largest absolute Gasteiger partial charge is 0.324 e. The van der Waals surface area contributed by atoms with Crippen molar-refractivity contribution >= 4 is 50.7 Å². The highest BCUT2D eigenvalue weighted by Crippen LogP contribution is 2.25. The van der Waals surface area contributed by atoms with Crippen molar-refractivity contribution in [2.24, 2.45) is 5.92 Å².